The van der Waals surface area contributed by atoms with Gasteiger partial charge in [0.2, 0.25) is 0 Å². The maximum Gasteiger partial charge on any atom is 0.338 e. The molecule has 2 aromatic carbocycles. The fourth-order valence-corrected chi connectivity index (χ4v) is 2.93. The Hall–Kier alpha value is -2.95. The number of fused-ring (bicyclic) bond motifs is 1. The van der Waals surface area contributed by atoms with Crippen molar-refractivity contribution in [2.75, 3.05) is 6.61 Å². The van der Waals surface area contributed by atoms with E-state index in [1.165, 1.54) is 0 Å². The maximum absolute atomic E-state index is 12.7. The average Bonchev–Trinajstić information content (AvgIpc) is 3.00. The lowest BCUT2D eigenvalue weighted by Crippen LogP contribution is -2.11. The van der Waals surface area contributed by atoms with Crippen LogP contribution in [0.2, 0.25) is 0 Å². The largest absolute Gasteiger partial charge is 0.462 e. The molecule has 5 heteroatoms. The molecule has 0 unspecified atom stereocenters. The quantitative estimate of drug-likeness (QED) is 0.496. The lowest BCUT2D eigenvalue weighted by atomic mass is 10.00. The minimum atomic E-state index is -0.435. The summed E-state index contributed by atoms with van der Waals surface area (Å²) in [7, 11) is 0. The van der Waals surface area contributed by atoms with Gasteiger partial charge in [-0.1, -0.05) is 50.2 Å². The van der Waals surface area contributed by atoms with Crippen LogP contribution in [0.25, 0.3) is 10.9 Å². The second-order valence-corrected chi connectivity index (χ2v) is 6.43. The number of ether oxygens (including phenoxy) is 1. The summed E-state index contributed by atoms with van der Waals surface area (Å²) in [5, 5.41) is 5.14. The number of carbonyl (C=O) groups excluding carboxylic acids is 2. The summed E-state index contributed by atoms with van der Waals surface area (Å²) in [6.45, 7) is 6.22. The number of esters is 1. The number of hydrogen-bond acceptors (Lipinski definition) is 4. The zero-order valence-corrected chi connectivity index (χ0v) is 15.2. The highest BCUT2D eigenvalue weighted by Crippen LogP contribution is 2.26. The summed E-state index contributed by atoms with van der Waals surface area (Å²) < 4.78 is 6.95. The first-order valence-electron chi connectivity index (χ1n) is 8.77. The normalized spacial score (nSPS) is 11.1. The Morgan fingerprint density at radius 2 is 1.81 bits per heavy atom. The molecule has 0 bridgehead atoms. The van der Waals surface area contributed by atoms with Gasteiger partial charge in [-0.2, -0.15) is 5.10 Å². The molecule has 0 radical (unpaired) electrons. The molecule has 0 fully saturated rings. The molecule has 0 atom stereocenters. The number of carbonyl (C=O) groups is 2. The van der Waals surface area contributed by atoms with E-state index in [0.29, 0.717) is 23.2 Å². The van der Waals surface area contributed by atoms with E-state index in [1.54, 1.807) is 23.7 Å². The number of rotatable bonds is 6. The first kappa shape index (κ1) is 17.9. The summed E-state index contributed by atoms with van der Waals surface area (Å²) in [5.74, 6) is -0.734. The third-order valence-corrected chi connectivity index (χ3v) is 4.21. The van der Waals surface area contributed by atoms with E-state index in [1.807, 2.05) is 50.2 Å². The Bertz CT molecular complexity index is 943. The van der Waals surface area contributed by atoms with Gasteiger partial charge in [0, 0.05) is 11.3 Å². The average molecular weight is 350 g/mol. The van der Waals surface area contributed by atoms with Crippen LogP contribution in [-0.2, 0) is 11.3 Å². The van der Waals surface area contributed by atoms with Crippen LogP contribution >= 0.6 is 0 Å². The molecule has 26 heavy (non-hydrogen) atoms. The fraction of sp³-hybridized carbons (Fsp3) is 0.286. The van der Waals surface area contributed by atoms with Gasteiger partial charge < -0.3 is 4.74 Å². The predicted molar refractivity (Wildman–Crippen MR) is 100 cm³/mol. The number of Topliss-reactive ketones (excluding diaryl/α,β-unsaturated/α-hetero) is 1. The van der Waals surface area contributed by atoms with Gasteiger partial charge in [0.1, 0.15) is 5.69 Å². The van der Waals surface area contributed by atoms with Crippen LogP contribution in [-0.4, -0.2) is 28.1 Å². The minimum Gasteiger partial charge on any atom is -0.462 e. The zero-order chi connectivity index (χ0) is 18.7. The van der Waals surface area contributed by atoms with Crippen LogP contribution in [0.4, 0.5) is 0 Å². The number of ketones is 1. The van der Waals surface area contributed by atoms with Crippen molar-refractivity contribution in [2.45, 2.75) is 27.3 Å². The molecule has 0 N–H and O–H groups in total. The lowest BCUT2D eigenvalue weighted by molar-refractivity contribution is 0.0528. The maximum atomic E-state index is 12.7. The molecule has 0 aliphatic rings. The molecule has 134 valence electrons. The molecule has 0 amide bonds. The second-order valence-electron chi connectivity index (χ2n) is 6.43. The minimum absolute atomic E-state index is 0.0847. The highest BCUT2D eigenvalue weighted by Gasteiger charge is 2.24. The molecule has 3 aromatic rings. The van der Waals surface area contributed by atoms with Gasteiger partial charge in [-0.3, -0.25) is 9.48 Å². The molecule has 0 spiro atoms. The molecule has 0 saturated carbocycles. The van der Waals surface area contributed by atoms with Crippen molar-refractivity contribution in [3.05, 3.63) is 65.4 Å². The van der Waals surface area contributed by atoms with Gasteiger partial charge >= 0.3 is 5.97 Å². The van der Waals surface area contributed by atoms with E-state index < -0.39 is 5.97 Å². The first-order chi connectivity index (χ1) is 12.5. The Kier molecular flexibility index (Phi) is 5.16. The van der Waals surface area contributed by atoms with Crippen molar-refractivity contribution < 1.29 is 14.3 Å². The number of hydrogen-bond donors (Lipinski definition) is 0. The van der Waals surface area contributed by atoms with Gasteiger partial charge in [-0.05, 0) is 24.6 Å². The molecule has 0 saturated heterocycles. The smallest absolute Gasteiger partial charge is 0.338 e. The fourth-order valence-electron chi connectivity index (χ4n) is 2.93. The van der Waals surface area contributed by atoms with Crippen molar-refractivity contribution in [2.24, 2.45) is 5.92 Å². The van der Waals surface area contributed by atoms with Gasteiger partial charge in [0.25, 0.3) is 0 Å². The van der Waals surface area contributed by atoms with Crippen molar-refractivity contribution in [3.8, 4) is 0 Å². The molecule has 5 nitrogen and oxygen atoms in total. The van der Waals surface area contributed by atoms with Crippen molar-refractivity contribution in [1.82, 2.24) is 9.78 Å². The number of aromatic nitrogens is 2. The Balaban J connectivity index is 2.19. The van der Waals surface area contributed by atoms with Crippen LogP contribution in [0.1, 0.15) is 47.2 Å². The zero-order valence-electron chi connectivity index (χ0n) is 15.2. The van der Waals surface area contributed by atoms with Crippen LogP contribution in [0.5, 0.6) is 0 Å². The molecular weight excluding hydrogens is 328 g/mol. The third kappa shape index (κ3) is 3.38. The summed E-state index contributed by atoms with van der Waals surface area (Å²) >= 11 is 0. The van der Waals surface area contributed by atoms with Crippen molar-refractivity contribution in [3.63, 3.8) is 0 Å². The van der Waals surface area contributed by atoms with Crippen molar-refractivity contribution in [1.29, 1.82) is 0 Å². The molecule has 1 aromatic heterocycles. The van der Waals surface area contributed by atoms with Crippen LogP contribution in [0, 0.1) is 5.92 Å². The first-order valence-corrected chi connectivity index (χ1v) is 8.77. The Morgan fingerprint density at radius 3 is 2.46 bits per heavy atom. The van der Waals surface area contributed by atoms with Gasteiger partial charge in [0.05, 0.1) is 24.2 Å². The summed E-state index contributed by atoms with van der Waals surface area (Å²) in [4.78, 5) is 25.1. The van der Waals surface area contributed by atoms with Gasteiger partial charge in [0.15, 0.2) is 5.78 Å². The second kappa shape index (κ2) is 7.52. The van der Waals surface area contributed by atoms with E-state index in [2.05, 4.69) is 5.10 Å². The lowest BCUT2D eigenvalue weighted by Gasteiger charge is -2.06. The number of benzene rings is 2. The topological polar surface area (TPSA) is 61.2 Å². The van der Waals surface area contributed by atoms with Crippen LogP contribution in [0.15, 0.2) is 48.5 Å². The Morgan fingerprint density at radius 1 is 1.08 bits per heavy atom. The van der Waals surface area contributed by atoms with E-state index in [-0.39, 0.29) is 18.3 Å². The summed E-state index contributed by atoms with van der Waals surface area (Å²) in [6.07, 6.45) is 0. The van der Waals surface area contributed by atoms with E-state index in [9.17, 15) is 9.59 Å². The highest BCUT2D eigenvalue weighted by molar-refractivity contribution is 6.14. The van der Waals surface area contributed by atoms with E-state index >= 15 is 0 Å². The summed E-state index contributed by atoms with van der Waals surface area (Å²) in [6, 6.07) is 15.3. The molecule has 0 aliphatic heterocycles. The highest BCUT2D eigenvalue weighted by atomic mass is 16.5. The van der Waals surface area contributed by atoms with Crippen molar-refractivity contribution >= 4 is 22.7 Å². The van der Waals surface area contributed by atoms with Crippen LogP contribution in [0.3, 0.4) is 0 Å². The third-order valence-electron chi connectivity index (χ3n) is 4.21. The number of nitrogens with zero attached hydrogens (tertiary/aromatic N) is 2. The van der Waals surface area contributed by atoms with Crippen LogP contribution < -0.4 is 0 Å². The molecule has 0 aliphatic carbocycles. The monoisotopic (exact) mass is 350 g/mol. The SMILES string of the molecule is CCOC(=O)c1cccc2c1c(C(=O)C(C)C)nn2Cc1ccccc1. The predicted octanol–water partition coefficient (Wildman–Crippen LogP) is 4.10. The standard InChI is InChI=1S/C21H22N2O3/c1-4-26-21(25)16-11-8-12-17-18(16)19(20(24)14(2)3)22-23(17)13-15-9-6-5-7-10-15/h5-12,14H,4,13H2,1-3H3. The molecule has 3 rings (SSSR count). The summed E-state index contributed by atoms with van der Waals surface area (Å²) in [5.41, 5.74) is 2.53. The van der Waals surface area contributed by atoms with E-state index in [4.69, 9.17) is 4.74 Å². The molecule has 1 heterocycles. The molecular formula is C21H22N2O3. The van der Waals surface area contributed by atoms with Gasteiger partial charge in [-0.15, -0.1) is 0 Å². The van der Waals surface area contributed by atoms with Gasteiger partial charge in [-0.25, -0.2) is 4.79 Å². The Labute approximate surface area is 152 Å². The van der Waals surface area contributed by atoms with E-state index in [0.717, 1.165) is 11.1 Å².